The van der Waals surface area contributed by atoms with E-state index in [4.69, 9.17) is 11.6 Å². The lowest BCUT2D eigenvalue weighted by molar-refractivity contribution is 0.420. The van der Waals surface area contributed by atoms with E-state index in [1.807, 2.05) is 30.3 Å². The van der Waals surface area contributed by atoms with Gasteiger partial charge in [0.1, 0.15) is 0 Å². The third-order valence-corrected chi connectivity index (χ3v) is 5.47. The summed E-state index contributed by atoms with van der Waals surface area (Å²) < 4.78 is 26.9. The molecule has 1 N–H and O–H groups in total. The third kappa shape index (κ3) is 3.28. The van der Waals surface area contributed by atoms with Gasteiger partial charge in [-0.3, -0.25) is 5.10 Å². The van der Waals surface area contributed by atoms with E-state index in [9.17, 15) is 8.42 Å². The van der Waals surface area contributed by atoms with Gasteiger partial charge in [0.15, 0.2) is 5.03 Å². The fraction of sp³-hybridized carbons (Fsp3) is 0.357. The van der Waals surface area contributed by atoms with Gasteiger partial charge in [0.2, 0.25) is 0 Å². The number of nitrogens with one attached hydrogen (secondary N) is 1. The summed E-state index contributed by atoms with van der Waals surface area (Å²) in [7, 11) is -3.66. The van der Waals surface area contributed by atoms with Gasteiger partial charge in [0.25, 0.3) is 10.0 Å². The average molecular weight is 328 g/mol. The van der Waals surface area contributed by atoms with Crippen LogP contribution in [-0.4, -0.2) is 29.5 Å². The predicted molar refractivity (Wildman–Crippen MR) is 82.6 cm³/mol. The minimum Gasteiger partial charge on any atom is -0.281 e. The Morgan fingerprint density at radius 2 is 1.95 bits per heavy atom. The normalized spacial score (nSPS) is 12.0. The monoisotopic (exact) mass is 327 g/mol. The van der Waals surface area contributed by atoms with E-state index in [1.165, 1.54) is 4.31 Å². The zero-order valence-electron chi connectivity index (χ0n) is 12.0. The summed E-state index contributed by atoms with van der Waals surface area (Å²) in [6, 6.07) is 9.47. The van der Waals surface area contributed by atoms with E-state index >= 15 is 0 Å². The van der Waals surface area contributed by atoms with E-state index in [1.54, 1.807) is 13.8 Å². The molecular formula is C14H18ClN3O2S. The van der Waals surface area contributed by atoms with Crippen LogP contribution in [0.5, 0.6) is 0 Å². The van der Waals surface area contributed by atoms with Gasteiger partial charge in [-0.15, -0.1) is 11.6 Å². The van der Waals surface area contributed by atoms with Crippen molar-refractivity contribution in [1.29, 1.82) is 0 Å². The topological polar surface area (TPSA) is 66.1 Å². The van der Waals surface area contributed by atoms with E-state index in [0.29, 0.717) is 24.3 Å². The SMILES string of the molecule is CCN(Cc1ccccc1)S(=O)(=O)c1n[nH]c(C)c1CCl. The van der Waals surface area contributed by atoms with Crippen molar-refractivity contribution in [3.05, 3.63) is 47.2 Å². The second-order valence-corrected chi connectivity index (χ2v) is 6.80. The number of rotatable bonds is 6. The molecule has 21 heavy (non-hydrogen) atoms. The minimum atomic E-state index is -3.66. The molecule has 1 aromatic carbocycles. The van der Waals surface area contributed by atoms with Crippen LogP contribution in [0.3, 0.4) is 0 Å². The van der Waals surface area contributed by atoms with Crippen molar-refractivity contribution >= 4 is 21.6 Å². The molecule has 0 aliphatic carbocycles. The molecule has 0 atom stereocenters. The number of aromatic amines is 1. The molecule has 0 fully saturated rings. The molecule has 0 saturated carbocycles. The van der Waals surface area contributed by atoms with Crippen molar-refractivity contribution in [2.75, 3.05) is 6.54 Å². The van der Waals surface area contributed by atoms with Crippen LogP contribution < -0.4 is 0 Å². The number of hydrogen-bond acceptors (Lipinski definition) is 3. The van der Waals surface area contributed by atoms with Gasteiger partial charge >= 0.3 is 0 Å². The molecule has 7 heteroatoms. The maximum absolute atomic E-state index is 12.7. The van der Waals surface area contributed by atoms with Crippen molar-refractivity contribution in [2.24, 2.45) is 0 Å². The van der Waals surface area contributed by atoms with Crippen LogP contribution in [0, 0.1) is 6.92 Å². The molecule has 0 saturated heterocycles. The first-order chi connectivity index (χ1) is 10.0. The number of H-pyrrole nitrogens is 1. The first-order valence-electron chi connectivity index (χ1n) is 6.64. The van der Waals surface area contributed by atoms with Crippen LogP contribution >= 0.6 is 11.6 Å². The molecule has 2 aromatic rings. The lowest BCUT2D eigenvalue weighted by Crippen LogP contribution is -2.31. The number of aryl methyl sites for hydroxylation is 1. The Labute approximate surface area is 130 Å². The zero-order valence-corrected chi connectivity index (χ0v) is 13.6. The van der Waals surface area contributed by atoms with Crippen LogP contribution in [0.15, 0.2) is 35.4 Å². The fourth-order valence-corrected chi connectivity index (χ4v) is 4.08. The van der Waals surface area contributed by atoms with Crippen molar-refractivity contribution in [3.63, 3.8) is 0 Å². The van der Waals surface area contributed by atoms with Crippen molar-refractivity contribution in [2.45, 2.75) is 31.3 Å². The maximum Gasteiger partial charge on any atom is 0.263 e. The molecule has 1 heterocycles. The van der Waals surface area contributed by atoms with E-state index in [-0.39, 0.29) is 10.9 Å². The Kier molecular flexibility index (Phi) is 5.03. The first kappa shape index (κ1) is 16.0. The van der Waals surface area contributed by atoms with Crippen molar-refractivity contribution < 1.29 is 8.42 Å². The highest BCUT2D eigenvalue weighted by Gasteiger charge is 2.29. The Balaban J connectivity index is 2.36. The van der Waals surface area contributed by atoms with Crippen molar-refractivity contribution in [1.82, 2.24) is 14.5 Å². The van der Waals surface area contributed by atoms with E-state index < -0.39 is 10.0 Å². The zero-order chi connectivity index (χ0) is 15.5. The number of nitrogens with zero attached hydrogens (tertiary/aromatic N) is 2. The Hall–Kier alpha value is -1.37. The number of aromatic nitrogens is 2. The number of alkyl halides is 1. The second kappa shape index (κ2) is 6.60. The summed E-state index contributed by atoms with van der Waals surface area (Å²) in [5, 5.41) is 6.65. The standard InChI is InChI=1S/C14H18ClN3O2S/c1-3-18(10-12-7-5-4-6-8-12)21(19,20)14-13(9-15)11(2)16-17-14/h4-8H,3,9-10H2,1-2H3,(H,16,17). The van der Waals surface area contributed by atoms with Crippen LogP contribution in [0.4, 0.5) is 0 Å². The van der Waals surface area contributed by atoms with Crippen LogP contribution in [0.25, 0.3) is 0 Å². The molecule has 0 amide bonds. The minimum absolute atomic E-state index is 0.0211. The Morgan fingerprint density at radius 1 is 1.29 bits per heavy atom. The summed E-state index contributed by atoms with van der Waals surface area (Å²) >= 11 is 5.85. The van der Waals surface area contributed by atoms with Crippen LogP contribution in [0.1, 0.15) is 23.7 Å². The van der Waals surface area contributed by atoms with Gasteiger partial charge in [-0.25, -0.2) is 8.42 Å². The predicted octanol–water partition coefficient (Wildman–Crippen LogP) is 2.67. The van der Waals surface area contributed by atoms with Gasteiger partial charge in [-0.05, 0) is 12.5 Å². The number of sulfonamides is 1. The average Bonchev–Trinajstić information content (AvgIpc) is 2.87. The highest BCUT2D eigenvalue weighted by molar-refractivity contribution is 7.89. The molecular weight excluding hydrogens is 310 g/mol. The first-order valence-corrected chi connectivity index (χ1v) is 8.62. The van der Waals surface area contributed by atoms with Gasteiger partial charge in [-0.2, -0.15) is 9.40 Å². The fourth-order valence-electron chi connectivity index (χ4n) is 2.08. The van der Waals surface area contributed by atoms with Gasteiger partial charge in [-0.1, -0.05) is 37.3 Å². The maximum atomic E-state index is 12.7. The molecule has 0 aliphatic rings. The van der Waals surface area contributed by atoms with Crippen molar-refractivity contribution in [3.8, 4) is 0 Å². The lowest BCUT2D eigenvalue weighted by Gasteiger charge is -2.19. The molecule has 0 radical (unpaired) electrons. The number of benzene rings is 1. The van der Waals surface area contributed by atoms with E-state index in [2.05, 4.69) is 10.2 Å². The lowest BCUT2D eigenvalue weighted by atomic mass is 10.2. The molecule has 0 unspecified atom stereocenters. The molecule has 2 rings (SSSR count). The summed E-state index contributed by atoms with van der Waals surface area (Å²) in [6.07, 6.45) is 0. The molecule has 5 nitrogen and oxygen atoms in total. The van der Waals surface area contributed by atoms with Crippen LogP contribution in [-0.2, 0) is 22.4 Å². The quantitative estimate of drug-likeness (QED) is 0.829. The Bertz CT molecular complexity index is 698. The Morgan fingerprint density at radius 3 is 2.52 bits per heavy atom. The second-order valence-electron chi connectivity index (χ2n) is 4.68. The summed E-state index contributed by atoms with van der Waals surface area (Å²) in [5.41, 5.74) is 2.14. The molecule has 0 spiro atoms. The van der Waals surface area contributed by atoms with Gasteiger partial charge in [0, 0.05) is 24.3 Å². The molecule has 0 aliphatic heterocycles. The van der Waals surface area contributed by atoms with Gasteiger partial charge < -0.3 is 0 Å². The smallest absolute Gasteiger partial charge is 0.263 e. The van der Waals surface area contributed by atoms with Gasteiger partial charge in [0.05, 0.1) is 5.88 Å². The largest absolute Gasteiger partial charge is 0.281 e. The third-order valence-electron chi connectivity index (χ3n) is 3.31. The summed E-state index contributed by atoms with van der Waals surface area (Å²) in [4.78, 5) is 0. The summed E-state index contributed by atoms with van der Waals surface area (Å²) in [5.74, 6) is 0.111. The highest BCUT2D eigenvalue weighted by atomic mass is 35.5. The number of hydrogen-bond donors (Lipinski definition) is 1. The van der Waals surface area contributed by atoms with E-state index in [0.717, 1.165) is 5.56 Å². The number of halogens is 1. The summed E-state index contributed by atoms with van der Waals surface area (Å²) in [6.45, 7) is 4.25. The molecule has 0 bridgehead atoms. The molecule has 114 valence electrons. The molecule has 1 aromatic heterocycles. The van der Waals surface area contributed by atoms with Crippen LogP contribution in [0.2, 0.25) is 0 Å². The highest BCUT2D eigenvalue weighted by Crippen LogP contribution is 2.23.